The Morgan fingerprint density at radius 1 is 1.08 bits per heavy atom. The van der Waals surface area contributed by atoms with E-state index in [1.54, 1.807) is 0 Å². The molecule has 0 atom stereocenters. The van der Waals surface area contributed by atoms with E-state index in [0.717, 1.165) is 6.92 Å². The van der Waals surface area contributed by atoms with Crippen LogP contribution in [0, 0.1) is 41.7 Å². The van der Waals surface area contributed by atoms with Crippen LogP contribution in [0.15, 0.2) is 0 Å². The van der Waals surface area contributed by atoms with Gasteiger partial charge in [-0.2, -0.15) is 0 Å². The number of carboxylic acid groups (broad SMARTS) is 2. The molecule has 0 amide bonds. The van der Waals surface area contributed by atoms with Crippen molar-refractivity contribution >= 4 is 17.7 Å². The van der Waals surface area contributed by atoms with Gasteiger partial charge in [0, 0.05) is 18.4 Å². The summed E-state index contributed by atoms with van der Waals surface area (Å²) >= 11 is 0. The van der Waals surface area contributed by atoms with Crippen LogP contribution in [0.25, 0.3) is 0 Å². The third-order valence-corrected chi connectivity index (χ3v) is 0.393. The van der Waals surface area contributed by atoms with E-state index in [-0.39, 0.29) is 47.5 Å². The summed E-state index contributed by atoms with van der Waals surface area (Å²) in [5.41, 5.74) is 0. The predicted octanol–water partition coefficient (Wildman–Crippen LogP) is -2.53. The molecule has 0 saturated heterocycles. The Bertz CT molecular complexity index is 149. The largest absolute Gasteiger partial charge is 2.00 e. The fourth-order valence-electron chi connectivity index (χ4n) is 0.203. The molecule has 12 heavy (non-hydrogen) atoms. The Balaban J connectivity index is -0.000000142. The molecule has 0 fully saturated rings. The number of ketones is 1. The Morgan fingerprint density at radius 3 is 1.33 bits per heavy atom. The molecule has 5 nitrogen and oxygen atoms in total. The summed E-state index contributed by atoms with van der Waals surface area (Å²) < 4.78 is 0. The van der Waals surface area contributed by atoms with E-state index in [1.165, 1.54) is 6.92 Å². The summed E-state index contributed by atoms with van der Waals surface area (Å²) in [6.45, 7) is 2.18. The van der Waals surface area contributed by atoms with Gasteiger partial charge in [0.2, 0.25) is 0 Å². The molecule has 0 bridgehead atoms. The van der Waals surface area contributed by atoms with Gasteiger partial charge in [-0.05, 0) is 13.8 Å². The van der Waals surface area contributed by atoms with Crippen molar-refractivity contribution in [2.24, 2.45) is 0 Å². The molecule has 0 aliphatic heterocycles. The summed E-state index contributed by atoms with van der Waals surface area (Å²) in [4.78, 5) is 28.2. The SMILES string of the molecule is CC(=O)CC(=O)[O-].CC(=O)[O-].[Ce+2]. The van der Waals surface area contributed by atoms with Crippen molar-refractivity contribution < 1.29 is 66.3 Å². The standard InChI is InChI=1S/C4H6O3.C2H4O2.Ce/c1-3(5)2-4(6)7;1-2(3)4;/h2H2,1H3,(H,6,7);1H3,(H,3,4);/q;;+2/p-2. The summed E-state index contributed by atoms with van der Waals surface area (Å²) in [5.74, 6) is -2.77. The maximum absolute atomic E-state index is 9.83. The zero-order chi connectivity index (χ0) is 9.44. The number of hydrogen-bond acceptors (Lipinski definition) is 5. The second kappa shape index (κ2) is 11.0. The molecule has 0 aliphatic carbocycles. The second-order valence-corrected chi connectivity index (χ2v) is 1.74. The van der Waals surface area contributed by atoms with E-state index in [9.17, 15) is 14.7 Å². The van der Waals surface area contributed by atoms with E-state index in [1.807, 2.05) is 0 Å². The number of carbonyl (C=O) groups excluding carboxylic acids is 3. The molecule has 0 aromatic heterocycles. The molecule has 0 radical (unpaired) electrons. The van der Waals surface area contributed by atoms with Crippen LogP contribution in [-0.4, -0.2) is 17.7 Å². The third kappa shape index (κ3) is 50.7. The number of hydrogen-bond donors (Lipinski definition) is 0. The molecule has 0 N–H and O–H groups in total. The zero-order valence-corrected chi connectivity index (χ0v) is 9.89. The van der Waals surface area contributed by atoms with Gasteiger partial charge in [0.15, 0.2) is 0 Å². The van der Waals surface area contributed by atoms with Crippen LogP contribution < -0.4 is 10.2 Å². The molecule has 0 unspecified atom stereocenters. The van der Waals surface area contributed by atoms with Crippen molar-refractivity contribution in [1.82, 2.24) is 0 Å². The van der Waals surface area contributed by atoms with Gasteiger partial charge in [0.25, 0.3) is 0 Å². The quantitative estimate of drug-likeness (QED) is 0.524. The molecule has 0 aromatic rings. The van der Waals surface area contributed by atoms with Crippen molar-refractivity contribution in [3.8, 4) is 0 Å². The predicted molar refractivity (Wildman–Crippen MR) is 31.0 cm³/mol. The first-order chi connectivity index (χ1) is 4.86. The molecule has 0 spiro atoms. The van der Waals surface area contributed by atoms with Crippen molar-refractivity contribution in [2.75, 3.05) is 0 Å². The number of carbonyl (C=O) groups is 3. The van der Waals surface area contributed by atoms with Gasteiger partial charge < -0.3 is 19.8 Å². The van der Waals surface area contributed by atoms with E-state index < -0.39 is 18.4 Å². The molecule has 0 saturated carbocycles. The Hall–Kier alpha value is -0.0134. The first-order valence-corrected chi connectivity index (χ1v) is 2.73. The van der Waals surface area contributed by atoms with E-state index in [2.05, 4.69) is 0 Å². The second-order valence-electron chi connectivity index (χ2n) is 1.74. The van der Waals surface area contributed by atoms with Crippen LogP contribution in [0.1, 0.15) is 20.3 Å². The van der Waals surface area contributed by atoms with E-state index in [4.69, 9.17) is 9.90 Å². The number of carboxylic acids is 2. The Labute approximate surface area is 104 Å². The molecular weight excluding hydrogens is 292 g/mol. The number of aliphatic carboxylic acids is 2. The normalized spacial score (nSPS) is 6.83. The first-order valence-electron chi connectivity index (χ1n) is 2.73. The number of Topliss-reactive ketones (excluding diaryl/α,β-unsaturated/α-hetero) is 1. The smallest absolute Gasteiger partial charge is 0.550 e. The third-order valence-electron chi connectivity index (χ3n) is 0.393. The molecule has 0 aliphatic rings. The summed E-state index contributed by atoms with van der Waals surface area (Å²) in [5, 5.41) is 18.4. The van der Waals surface area contributed by atoms with Crippen LogP contribution in [0.2, 0.25) is 0 Å². The zero-order valence-electron chi connectivity index (χ0n) is 6.75. The maximum atomic E-state index is 9.83. The van der Waals surface area contributed by atoms with Crippen molar-refractivity contribution in [2.45, 2.75) is 20.3 Å². The average molecular weight is 300 g/mol. The van der Waals surface area contributed by atoms with Crippen molar-refractivity contribution in [3.63, 3.8) is 0 Å². The van der Waals surface area contributed by atoms with Crippen LogP contribution in [0.3, 0.4) is 0 Å². The van der Waals surface area contributed by atoms with Gasteiger partial charge in [0.05, 0.1) is 0 Å². The average Bonchev–Trinajstić information content (AvgIpc) is 1.56. The fraction of sp³-hybridized carbons (Fsp3) is 0.500. The molecule has 0 heterocycles. The van der Waals surface area contributed by atoms with Gasteiger partial charge in [-0.3, -0.25) is 4.79 Å². The van der Waals surface area contributed by atoms with Crippen molar-refractivity contribution in [3.05, 3.63) is 0 Å². The van der Waals surface area contributed by atoms with Gasteiger partial charge in [-0.15, -0.1) is 0 Å². The summed E-state index contributed by atoms with van der Waals surface area (Å²) in [7, 11) is 0. The monoisotopic (exact) mass is 300 g/mol. The Kier molecular flexibility index (Phi) is 16.4. The van der Waals surface area contributed by atoms with Gasteiger partial charge >= 0.3 is 41.7 Å². The minimum absolute atomic E-state index is 0. The molecular formula is C6H8CeO5. The molecule has 66 valence electrons. The minimum Gasteiger partial charge on any atom is -0.550 e. The van der Waals surface area contributed by atoms with Crippen LogP contribution in [0.5, 0.6) is 0 Å². The fourth-order valence-corrected chi connectivity index (χ4v) is 0.203. The van der Waals surface area contributed by atoms with E-state index in [0.29, 0.717) is 0 Å². The molecule has 0 aromatic carbocycles. The van der Waals surface area contributed by atoms with Crippen LogP contribution in [-0.2, 0) is 14.4 Å². The van der Waals surface area contributed by atoms with Gasteiger partial charge in [0.1, 0.15) is 5.78 Å². The van der Waals surface area contributed by atoms with Crippen LogP contribution in [0.4, 0.5) is 0 Å². The topological polar surface area (TPSA) is 97.3 Å². The number of rotatable bonds is 2. The Morgan fingerprint density at radius 2 is 1.33 bits per heavy atom. The summed E-state index contributed by atoms with van der Waals surface area (Å²) in [6.07, 6.45) is -0.472. The first kappa shape index (κ1) is 17.9. The maximum Gasteiger partial charge on any atom is 2.00 e. The molecule has 6 heteroatoms. The van der Waals surface area contributed by atoms with Crippen LogP contribution >= 0.6 is 0 Å². The minimum atomic E-state index is -1.31. The summed E-state index contributed by atoms with van der Waals surface area (Å²) in [6, 6.07) is 0. The molecule has 0 rings (SSSR count). The van der Waals surface area contributed by atoms with Gasteiger partial charge in [-0.25, -0.2) is 0 Å². The van der Waals surface area contributed by atoms with Gasteiger partial charge in [-0.1, -0.05) is 0 Å². The van der Waals surface area contributed by atoms with Crippen molar-refractivity contribution in [1.29, 1.82) is 0 Å². The van der Waals surface area contributed by atoms with E-state index >= 15 is 0 Å².